The van der Waals surface area contributed by atoms with Gasteiger partial charge in [0.1, 0.15) is 5.75 Å². The third kappa shape index (κ3) is 4.60. The van der Waals surface area contributed by atoms with E-state index in [-0.39, 0.29) is 18.1 Å². The zero-order valence-corrected chi connectivity index (χ0v) is 15.2. The first-order chi connectivity index (χ1) is 12.1. The van der Waals surface area contributed by atoms with Crippen LogP contribution in [-0.4, -0.2) is 48.3 Å². The van der Waals surface area contributed by atoms with Crippen molar-refractivity contribution >= 4 is 16.7 Å². The molecule has 25 heavy (non-hydrogen) atoms. The fourth-order valence-electron chi connectivity index (χ4n) is 2.71. The third-order valence-electron chi connectivity index (χ3n) is 4.13. The summed E-state index contributed by atoms with van der Waals surface area (Å²) in [5.41, 5.74) is -0.0854. The van der Waals surface area contributed by atoms with E-state index in [0.29, 0.717) is 49.4 Å². The van der Waals surface area contributed by atoms with Gasteiger partial charge in [0.15, 0.2) is 6.61 Å². The molecule has 0 aliphatic rings. The Morgan fingerprint density at radius 3 is 2.56 bits per heavy atom. The number of ether oxygens (including phenoxy) is 2. The van der Waals surface area contributed by atoms with Gasteiger partial charge in [0.25, 0.3) is 11.5 Å². The highest BCUT2D eigenvalue weighted by atomic mass is 16.5. The second-order valence-corrected chi connectivity index (χ2v) is 5.58. The summed E-state index contributed by atoms with van der Waals surface area (Å²) in [4.78, 5) is 26.4. The number of pyridine rings is 1. The molecule has 1 heterocycles. The van der Waals surface area contributed by atoms with Crippen LogP contribution in [0.25, 0.3) is 10.8 Å². The van der Waals surface area contributed by atoms with E-state index in [1.54, 1.807) is 33.9 Å². The Morgan fingerprint density at radius 2 is 1.88 bits per heavy atom. The van der Waals surface area contributed by atoms with Gasteiger partial charge >= 0.3 is 0 Å². The Labute approximate surface area is 148 Å². The van der Waals surface area contributed by atoms with Crippen LogP contribution >= 0.6 is 0 Å². The van der Waals surface area contributed by atoms with Crippen molar-refractivity contribution in [1.29, 1.82) is 0 Å². The number of nitrogens with zero attached hydrogens (tertiary/aromatic N) is 2. The molecule has 0 unspecified atom stereocenters. The highest BCUT2D eigenvalue weighted by Gasteiger charge is 2.12. The van der Waals surface area contributed by atoms with Gasteiger partial charge in [0, 0.05) is 37.8 Å². The van der Waals surface area contributed by atoms with Crippen LogP contribution in [-0.2, 0) is 16.1 Å². The van der Waals surface area contributed by atoms with Gasteiger partial charge in [-0.1, -0.05) is 6.07 Å². The molecule has 0 saturated carbocycles. The molecule has 136 valence electrons. The van der Waals surface area contributed by atoms with Gasteiger partial charge in [0.2, 0.25) is 0 Å². The molecule has 0 aliphatic heterocycles. The van der Waals surface area contributed by atoms with Gasteiger partial charge in [-0.2, -0.15) is 0 Å². The first-order valence-electron chi connectivity index (χ1n) is 8.72. The van der Waals surface area contributed by atoms with Crippen molar-refractivity contribution in [3.63, 3.8) is 0 Å². The summed E-state index contributed by atoms with van der Waals surface area (Å²) >= 11 is 0. The van der Waals surface area contributed by atoms with Crippen LogP contribution in [0, 0.1) is 0 Å². The summed E-state index contributed by atoms with van der Waals surface area (Å²) in [5.74, 6) is 0.485. The van der Waals surface area contributed by atoms with Crippen LogP contribution in [0.1, 0.15) is 20.8 Å². The van der Waals surface area contributed by atoms with Crippen molar-refractivity contribution in [1.82, 2.24) is 9.47 Å². The van der Waals surface area contributed by atoms with Gasteiger partial charge in [-0.3, -0.25) is 9.59 Å². The Balaban J connectivity index is 2.20. The molecule has 6 nitrogen and oxygen atoms in total. The van der Waals surface area contributed by atoms with Gasteiger partial charge in [-0.15, -0.1) is 0 Å². The van der Waals surface area contributed by atoms with Crippen LogP contribution in [0.2, 0.25) is 0 Å². The summed E-state index contributed by atoms with van der Waals surface area (Å²) < 4.78 is 12.6. The molecule has 0 radical (unpaired) electrons. The number of hydrogen-bond acceptors (Lipinski definition) is 4. The molecule has 6 heteroatoms. The molecule has 1 amide bonds. The molecular formula is C19H26N2O4. The van der Waals surface area contributed by atoms with Crippen LogP contribution < -0.4 is 10.3 Å². The second-order valence-electron chi connectivity index (χ2n) is 5.58. The molecule has 0 spiro atoms. The van der Waals surface area contributed by atoms with Crippen LogP contribution in [0.3, 0.4) is 0 Å². The van der Waals surface area contributed by atoms with Crippen molar-refractivity contribution in [3.05, 3.63) is 40.8 Å². The lowest BCUT2D eigenvalue weighted by atomic mass is 10.1. The molecule has 0 atom stereocenters. The average molecular weight is 346 g/mol. The Hall–Kier alpha value is -2.34. The van der Waals surface area contributed by atoms with E-state index >= 15 is 0 Å². The smallest absolute Gasteiger partial charge is 0.260 e. The van der Waals surface area contributed by atoms with Crippen molar-refractivity contribution in [3.8, 4) is 5.75 Å². The molecule has 0 fully saturated rings. The predicted octanol–water partition coefficient (Wildman–Crippen LogP) is 2.29. The van der Waals surface area contributed by atoms with Gasteiger partial charge < -0.3 is 18.9 Å². The number of rotatable bonds is 9. The lowest BCUT2D eigenvalue weighted by molar-refractivity contribution is -0.132. The van der Waals surface area contributed by atoms with Crippen LogP contribution in [0.4, 0.5) is 0 Å². The SMILES string of the molecule is CCOCCn1ccc2c(OCC(=O)N(CC)CC)cccc2c1=O. The van der Waals surface area contributed by atoms with E-state index in [4.69, 9.17) is 9.47 Å². The van der Waals surface area contributed by atoms with Crippen LogP contribution in [0.15, 0.2) is 35.3 Å². The Bertz CT molecular complexity index is 766. The van der Waals surface area contributed by atoms with Crippen molar-refractivity contribution in [2.75, 3.05) is 32.9 Å². The van der Waals surface area contributed by atoms with Crippen molar-refractivity contribution < 1.29 is 14.3 Å². The first-order valence-corrected chi connectivity index (χ1v) is 8.72. The lowest BCUT2D eigenvalue weighted by Crippen LogP contribution is -2.34. The minimum Gasteiger partial charge on any atom is -0.483 e. The summed E-state index contributed by atoms with van der Waals surface area (Å²) in [7, 11) is 0. The van der Waals surface area contributed by atoms with Crippen LogP contribution in [0.5, 0.6) is 5.75 Å². The average Bonchev–Trinajstić information content (AvgIpc) is 2.63. The van der Waals surface area contributed by atoms with Crippen molar-refractivity contribution in [2.24, 2.45) is 0 Å². The third-order valence-corrected chi connectivity index (χ3v) is 4.13. The summed E-state index contributed by atoms with van der Waals surface area (Å²) in [6.07, 6.45) is 1.74. The molecule has 2 aromatic rings. The first kappa shape index (κ1) is 19.0. The zero-order valence-electron chi connectivity index (χ0n) is 15.2. The highest BCUT2D eigenvalue weighted by Crippen LogP contribution is 2.23. The number of benzene rings is 1. The number of amides is 1. The van der Waals surface area contributed by atoms with E-state index in [1.165, 1.54) is 0 Å². The predicted molar refractivity (Wildman–Crippen MR) is 98.1 cm³/mol. The highest BCUT2D eigenvalue weighted by molar-refractivity contribution is 5.88. The normalized spacial score (nSPS) is 10.8. The quantitative estimate of drug-likeness (QED) is 0.654. The lowest BCUT2D eigenvalue weighted by Gasteiger charge is -2.19. The van der Waals surface area contributed by atoms with Crippen molar-refractivity contribution in [2.45, 2.75) is 27.3 Å². The molecule has 2 rings (SSSR count). The maximum atomic E-state index is 12.6. The summed E-state index contributed by atoms with van der Waals surface area (Å²) in [6, 6.07) is 7.17. The number of hydrogen-bond donors (Lipinski definition) is 0. The largest absolute Gasteiger partial charge is 0.483 e. The van der Waals surface area contributed by atoms with E-state index in [9.17, 15) is 9.59 Å². The molecule has 0 N–H and O–H groups in total. The second kappa shape index (κ2) is 9.22. The summed E-state index contributed by atoms with van der Waals surface area (Å²) in [6.45, 7) is 8.69. The fraction of sp³-hybridized carbons (Fsp3) is 0.474. The van der Waals surface area contributed by atoms with E-state index in [0.717, 1.165) is 0 Å². The molecule has 0 saturated heterocycles. The van der Waals surface area contributed by atoms with Gasteiger partial charge in [-0.05, 0) is 39.0 Å². The molecule has 0 aliphatic carbocycles. The summed E-state index contributed by atoms with van der Waals surface area (Å²) in [5, 5.41) is 1.29. The Kier molecular flexibility index (Phi) is 7.01. The number of aromatic nitrogens is 1. The number of fused-ring (bicyclic) bond motifs is 1. The monoisotopic (exact) mass is 346 g/mol. The molecule has 1 aromatic carbocycles. The van der Waals surface area contributed by atoms with Gasteiger partial charge in [-0.25, -0.2) is 0 Å². The molecule has 1 aromatic heterocycles. The standard InChI is InChI=1S/C19H26N2O4/c1-4-20(5-2)18(22)14-25-17-9-7-8-16-15(17)10-11-21(19(16)23)12-13-24-6-3/h7-11H,4-6,12-14H2,1-3H3. The maximum Gasteiger partial charge on any atom is 0.260 e. The molecule has 0 bridgehead atoms. The van der Waals surface area contributed by atoms with E-state index in [1.807, 2.05) is 26.8 Å². The fourth-order valence-corrected chi connectivity index (χ4v) is 2.71. The molecular weight excluding hydrogens is 320 g/mol. The maximum absolute atomic E-state index is 12.6. The topological polar surface area (TPSA) is 60.8 Å². The van der Waals surface area contributed by atoms with Gasteiger partial charge in [0.05, 0.1) is 12.0 Å². The number of carbonyl (C=O) groups excluding carboxylic acids is 1. The minimum absolute atomic E-state index is 0.0335. The number of carbonyl (C=O) groups is 1. The van der Waals surface area contributed by atoms with E-state index in [2.05, 4.69) is 0 Å². The minimum atomic E-state index is -0.0854. The number of likely N-dealkylation sites (N-methyl/N-ethyl adjacent to an activating group) is 1. The zero-order chi connectivity index (χ0) is 18.2. The Morgan fingerprint density at radius 1 is 1.12 bits per heavy atom. The van der Waals surface area contributed by atoms with E-state index < -0.39 is 0 Å².